The maximum absolute atomic E-state index is 12.8. The molecule has 19 heavy (non-hydrogen) atoms. The highest BCUT2D eigenvalue weighted by Gasteiger charge is 2.42. The Kier molecular flexibility index (Phi) is 3.89. The zero-order valence-corrected chi connectivity index (χ0v) is 12.7. The highest BCUT2D eigenvalue weighted by Crippen LogP contribution is 2.31. The monoisotopic (exact) mass is 286 g/mol. The Morgan fingerprint density at radius 3 is 2.42 bits per heavy atom. The van der Waals surface area contributed by atoms with Gasteiger partial charge in [-0.2, -0.15) is 4.31 Å². The summed E-state index contributed by atoms with van der Waals surface area (Å²) in [5.74, 6) is 0. The Morgan fingerprint density at radius 2 is 1.68 bits per heavy atom. The van der Waals surface area contributed by atoms with Crippen molar-refractivity contribution in [2.24, 2.45) is 0 Å². The quantitative estimate of drug-likeness (QED) is 0.777. The Labute approximate surface area is 117 Å². The van der Waals surface area contributed by atoms with Gasteiger partial charge in [-0.05, 0) is 39.2 Å². The molecular weight excluding hydrogens is 260 g/mol. The number of hydrogen-bond donors (Lipinski definition) is 0. The van der Waals surface area contributed by atoms with Crippen molar-refractivity contribution in [2.75, 3.05) is 19.6 Å². The van der Waals surface area contributed by atoms with E-state index < -0.39 is 10.0 Å². The van der Waals surface area contributed by atoms with Crippen LogP contribution < -0.4 is 0 Å². The summed E-state index contributed by atoms with van der Waals surface area (Å²) < 4.78 is 27.5. The third-order valence-electron chi connectivity index (χ3n) is 5.18. The average molecular weight is 286 g/mol. The Balaban J connectivity index is 1.76. The average Bonchev–Trinajstić information content (AvgIpc) is 2.85. The van der Waals surface area contributed by atoms with E-state index in [1.807, 2.05) is 4.31 Å². The summed E-state index contributed by atoms with van der Waals surface area (Å²) in [4.78, 5) is 2.48. The van der Waals surface area contributed by atoms with Gasteiger partial charge in [-0.15, -0.1) is 0 Å². The minimum absolute atomic E-state index is 0.100. The predicted octanol–water partition coefficient (Wildman–Crippen LogP) is 1.82. The summed E-state index contributed by atoms with van der Waals surface area (Å²) >= 11 is 0. The van der Waals surface area contributed by atoms with Gasteiger partial charge in [0.15, 0.2) is 0 Å². The van der Waals surface area contributed by atoms with Crippen LogP contribution in [-0.2, 0) is 10.0 Å². The van der Waals surface area contributed by atoms with Crippen molar-refractivity contribution in [3.05, 3.63) is 0 Å². The van der Waals surface area contributed by atoms with Crippen molar-refractivity contribution in [3.8, 4) is 0 Å². The number of hydrogen-bond acceptors (Lipinski definition) is 3. The van der Waals surface area contributed by atoms with Crippen molar-refractivity contribution in [1.82, 2.24) is 9.21 Å². The molecule has 3 fully saturated rings. The molecule has 1 aliphatic carbocycles. The summed E-state index contributed by atoms with van der Waals surface area (Å²) in [6, 6.07) is 0.635. The largest absolute Gasteiger partial charge is 0.297 e. The SMILES string of the molecule is CC1CN2CCCC2CN1S(=O)(=O)C1CCCCC1. The second-order valence-corrected chi connectivity index (χ2v) is 8.68. The number of sulfonamides is 1. The van der Waals surface area contributed by atoms with Gasteiger partial charge < -0.3 is 0 Å². The number of nitrogens with zero attached hydrogens (tertiary/aromatic N) is 2. The lowest BCUT2D eigenvalue weighted by atomic mass is 10.0. The zero-order valence-electron chi connectivity index (χ0n) is 11.9. The Bertz CT molecular complexity index is 417. The van der Waals surface area contributed by atoms with Gasteiger partial charge >= 0.3 is 0 Å². The van der Waals surface area contributed by atoms with Crippen molar-refractivity contribution in [2.45, 2.75) is 69.2 Å². The summed E-state index contributed by atoms with van der Waals surface area (Å²) in [5, 5.41) is -0.100. The van der Waals surface area contributed by atoms with Gasteiger partial charge in [0.2, 0.25) is 10.0 Å². The summed E-state index contributed by atoms with van der Waals surface area (Å²) in [6.07, 6.45) is 7.53. The molecule has 1 saturated carbocycles. The van der Waals surface area contributed by atoms with Gasteiger partial charge in [-0.1, -0.05) is 19.3 Å². The Hall–Kier alpha value is -0.130. The predicted molar refractivity (Wildman–Crippen MR) is 76.6 cm³/mol. The summed E-state index contributed by atoms with van der Waals surface area (Å²) in [7, 11) is -3.07. The highest BCUT2D eigenvalue weighted by molar-refractivity contribution is 7.89. The van der Waals surface area contributed by atoms with Gasteiger partial charge in [-0.25, -0.2) is 8.42 Å². The van der Waals surface area contributed by atoms with E-state index in [1.165, 1.54) is 19.3 Å². The van der Waals surface area contributed by atoms with Gasteiger partial charge in [0.05, 0.1) is 5.25 Å². The minimum Gasteiger partial charge on any atom is -0.297 e. The molecule has 5 heteroatoms. The first kappa shape index (κ1) is 13.8. The van der Waals surface area contributed by atoms with Crippen LogP contribution in [0.1, 0.15) is 51.9 Å². The maximum Gasteiger partial charge on any atom is 0.217 e. The van der Waals surface area contributed by atoms with Gasteiger partial charge in [0.25, 0.3) is 0 Å². The third kappa shape index (κ3) is 2.57. The summed E-state index contributed by atoms with van der Waals surface area (Å²) in [6.45, 7) is 4.90. The molecule has 0 radical (unpaired) electrons. The molecule has 0 aromatic rings. The van der Waals surface area contributed by atoms with E-state index in [9.17, 15) is 8.42 Å². The lowest BCUT2D eigenvalue weighted by molar-refractivity contribution is 0.115. The van der Waals surface area contributed by atoms with Crippen LogP contribution in [0.25, 0.3) is 0 Å². The van der Waals surface area contributed by atoms with Crippen LogP contribution in [0.15, 0.2) is 0 Å². The van der Waals surface area contributed by atoms with Crippen molar-refractivity contribution in [3.63, 3.8) is 0 Å². The molecule has 4 nitrogen and oxygen atoms in total. The van der Waals surface area contributed by atoms with Crippen LogP contribution in [0.3, 0.4) is 0 Å². The van der Waals surface area contributed by atoms with Crippen LogP contribution >= 0.6 is 0 Å². The molecule has 2 unspecified atom stereocenters. The molecule has 3 rings (SSSR count). The molecule has 110 valence electrons. The van der Waals surface area contributed by atoms with Crippen LogP contribution in [0.2, 0.25) is 0 Å². The fourth-order valence-corrected chi connectivity index (χ4v) is 6.33. The number of rotatable bonds is 2. The lowest BCUT2D eigenvalue weighted by Gasteiger charge is -2.43. The molecule has 2 heterocycles. The Morgan fingerprint density at radius 1 is 0.947 bits per heavy atom. The number of fused-ring (bicyclic) bond motifs is 1. The van der Waals surface area contributed by atoms with E-state index in [4.69, 9.17) is 0 Å². The van der Waals surface area contributed by atoms with Crippen molar-refractivity contribution >= 4 is 10.0 Å². The first-order valence-corrected chi connectivity index (χ1v) is 9.34. The molecule has 0 spiro atoms. The molecule has 0 N–H and O–H groups in total. The fraction of sp³-hybridized carbons (Fsp3) is 1.00. The standard InChI is InChI=1S/C14H26N2O2S/c1-12-10-15-9-5-6-13(15)11-16(12)19(17,18)14-7-3-2-4-8-14/h12-14H,2-11H2,1H3. The molecule has 2 atom stereocenters. The van der Waals surface area contributed by atoms with Crippen LogP contribution in [0, 0.1) is 0 Å². The smallest absolute Gasteiger partial charge is 0.217 e. The van der Waals surface area contributed by atoms with Gasteiger partial charge in [0.1, 0.15) is 0 Å². The van der Waals surface area contributed by atoms with E-state index in [0.29, 0.717) is 6.04 Å². The molecule has 2 aliphatic heterocycles. The van der Waals surface area contributed by atoms with Crippen LogP contribution in [0.5, 0.6) is 0 Å². The molecule has 2 saturated heterocycles. The molecular formula is C14H26N2O2S. The normalized spacial score (nSPS) is 35.4. The second kappa shape index (κ2) is 5.34. The van der Waals surface area contributed by atoms with Crippen LogP contribution in [-0.4, -0.2) is 54.6 Å². The van der Waals surface area contributed by atoms with Gasteiger partial charge in [-0.3, -0.25) is 4.90 Å². The third-order valence-corrected chi connectivity index (χ3v) is 7.66. The minimum atomic E-state index is -3.07. The zero-order chi connectivity index (χ0) is 13.5. The maximum atomic E-state index is 12.8. The lowest BCUT2D eigenvalue weighted by Crippen LogP contribution is -2.58. The van der Waals surface area contributed by atoms with E-state index in [0.717, 1.165) is 45.3 Å². The van der Waals surface area contributed by atoms with E-state index in [1.54, 1.807) is 0 Å². The van der Waals surface area contributed by atoms with Gasteiger partial charge in [0, 0.05) is 25.2 Å². The number of piperazine rings is 1. The first-order chi connectivity index (χ1) is 9.09. The van der Waals surface area contributed by atoms with E-state index in [2.05, 4.69) is 11.8 Å². The van der Waals surface area contributed by atoms with Crippen molar-refractivity contribution in [1.29, 1.82) is 0 Å². The van der Waals surface area contributed by atoms with E-state index >= 15 is 0 Å². The highest BCUT2D eigenvalue weighted by atomic mass is 32.2. The topological polar surface area (TPSA) is 40.6 Å². The molecule has 0 amide bonds. The summed E-state index contributed by atoms with van der Waals surface area (Å²) in [5.41, 5.74) is 0. The molecule has 0 aromatic heterocycles. The van der Waals surface area contributed by atoms with Crippen molar-refractivity contribution < 1.29 is 8.42 Å². The molecule has 0 bridgehead atoms. The first-order valence-electron chi connectivity index (χ1n) is 7.84. The molecule has 3 aliphatic rings. The fourth-order valence-electron chi connectivity index (χ4n) is 4.07. The second-order valence-electron chi connectivity index (χ2n) is 6.51. The van der Waals surface area contributed by atoms with Crippen LogP contribution in [0.4, 0.5) is 0 Å². The van der Waals surface area contributed by atoms with E-state index in [-0.39, 0.29) is 11.3 Å². The molecule has 0 aromatic carbocycles.